The highest BCUT2D eigenvalue weighted by molar-refractivity contribution is 5.77. The third-order valence-electron chi connectivity index (χ3n) is 2.22. The fraction of sp³-hybridized carbons (Fsp3) is 0.750. The molecule has 0 aliphatic carbocycles. The number of hydrogen-bond donors (Lipinski definition) is 1. The predicted molar refractivity (Wildman–Crippen MR) is 44.2 cm³/mol. The summed E-state index contributed by atoms with van der Waals surface area (Å²) in [5.74, 6) is -0.285. The Kier molecular flexibility index (Phi) is 2.68. The lowest BCUT2D eigenvalue weighted by molar-refractivity contribution is -0.130. The van der Waals surface area contributed by atoms with Crippen LogP contribution in [0.3, 0.4) is 0 Å². The summed E-state index contributed by atoms with van der Waals surface area (Å²) in [6.07, 6.45) is 2.19. The molecule has 0 aromatic heterocycles. The first kappa shape index (κ1) is 9.03. The van der Waals surface area contributed by atoms with Gasteiger partial charge in [0.2, 0.25) is 11.8 Å². The van der Waals surface area contributed by atoms with Gasteiger partial charge < -0.3 is 10.6 Å². The Morgan fingerprint density at radius 3 is 2.75 bits per heavy atom. The van der Waals surface area contributed by atoms with Crippen LogP contribution >= 0.6 is 0 Å². The van der Waals surface area contributed by atoms with Crippen LogP contribution in [0.2, 0.25) is 0 Å². The molecule has 1 atom stereocenters. The smallest absolute Gasteiger partial charge is 0.219 e. The van der Waals surface area contributed by atoms with Crippen molar-refractivity contribution >= 4 is 11.8 Å². The van der Waals surface area contributed by atoms with Gasteiger partial charge in [0.15, 0.2) is 0 Å². The number of hydrogen-bond acceptors (Lipinski definition) is 2. The minimum Gasteiger partial charge on any atom is -0.370 e. The average Bonchev–Trinajstić information content (AvgIpc) is 2.33. The minimum absolute atomic E-state index is 0.0405. The second kappa shape index (κ2) is 3.56. The van der Waals surface area contributed by atoms with Crippen molar-refractivity contribution in [3.05, 3.63) is 0 Å². The largest absolute Gasteiger partial charge is 0.370 e. The van der Waals surface area contributed by atoms with Crippen molar-refractivity contribution in [3.63, 3.8) is 0 Å². The summed E-state index contributed by atoms with van der Waals surface area (Å²) in [4.78, 5) is 23.3. The molecule has 0 aromatic rings. The topological polar surface area (TPSA) is 63.4 Å². The SMILES string of the molecule is CC(=O)N1CCC[C@H]1CC(N)=O. The molecule has 4 heteroatoms. The van der Waals surface area contributed by atoms with Crippen LogP contribution in [0.15, 0.2) is 0 Å². The molecule has 2 N–H and O–H groups in total. The molecule has 2 amide bonds. The molecule has 0 bridgehead atoms. The standard InChI is InChI=1S/C8H14N2O2/c1-6(11)10-4-2-3-7(10)5-8(9)12/h7H,2-5H2,1H3,(H2,9,12)/t7-/m0/s1. The molecule has 1 aliphatic rings. The van der Waals surface area contributed by atoms with E-state index in [1.807, 2.05) is 0 Å². The predicted octanol–water partition coefficient (Wildman–Crippen LogP) is -0.127. The quantitative estimate of drug-likeness (QED) is 0.627. The Morgan fingerprint density at radius 1 is 1.58 bits per heavy atom. The third kappa shape index (κ3) is 1.96. The Morgan fingerprint density at radius 2 is 2.25 bits per heavy atom. The van der Waals surface area contributed by atoms with Gasteiger partial charge in [0.05, 0.1) is 0 Å². The number of carbonyl (C=O) groups is 2. The van der Waals surface area contributed by atoms with Crippen LogP contribution in [0.1, 0.15) is 26.2 Å². The van der Waals surface area contributed by atoms with E-state index >= 15 is 0 Å². The van der Waals surface area contributed by atoms with Crippen molar-refractivity contribution in [2.75, 3.05) is 6.54 Å². The molecule has 12 heavy (non-hydrogen) atoms. The van der Waals surface area contributed by atoms with Gasteiger partial charge in [-0.05, 0) is 12.8 Å². The number of primary amides is 1. The van der Waals surface area contributed by atoms with E-state index in [1.165, 1.54) is 6.92 Å². The molecule has 1 heterocycles. The van der Waals surface area contributed by atoms with Crippen LogP contribution in [-0.2, 0) is 9.59 Å². The van der Waals surface area contributed by atoms with Crippen molar-refractivity contribution < 1.29 is 9.59 Å². The average molecular weight is 170 g/mol. The van der Waals surface area contributed by atoms with E-state index in [4.69, 9.17) is 5.73 Å². The Hall–Kier alpha value is -1.06. The van der Waals surface area contributed by atoms with Gasteiger partial charge in [0, 0.05) is 25.9 Å². The van der Waals surface area contributed by atoms with Crippen molar-refractivity contribution in [3.8, 4) is 0 Å². The van der Waals surface area contributed by atoms with Crippen LogP contribution in [0, 0.1) is 0 Å². The minimum atomic E-state index is -0.326. The fourth-order valence-electron chi connectivity index (χ4n) is 1.69. The lowest BCUT2D eigenvalue weighted by Gasteiger charge is -2.21. The van der Waals surface area contributed by atoms with Gasteiger partial charge in [-0.25, -0.2) is 0 Å². The zero-order valence-electron chi connectivity index (χ0n) is 7.25. The maximum absolute atomic E-state index is 11.0. The van der Waals surface area contributed by atoms with Crippen LogP contribution < -0.4 is 5.73 Å². The second-order valence-corrected chi connectivity index (χ2v) is 3.18. The van der Waals surface area contributed by atoms with E-state index in [0.717, 1.165) is 19.4 Å². The molecule has 0 aromatic carbocycles. The van der Waals surface area contributed by atoms with Gasteiger partial charge in [-0.1, -0.05) is 0 Å². The van der Waals surface area contributed by atoms with Gasteiger partial charge in [-0.2, -0.15) is 0 Å². The molecule has 4 nitrogen and oxygen atoms in total. The van der Waals surface area contributed by atoms with Crippen molar-refractivity contribution in [1.82, 2.24) is 4.90 Å². The Labute approximate surface area is 71.7 Å². The molecular formula is C8H14N2O2. The highest BCUT2D eigenvalue weighted by Crippen LogP contribution is 2.19. The molecule has 1 aliphatic heterocycles. The Balaban J connectivity index is 2.52. The normalized spacial score (nSPS) is 22.8. The summed E-state index contributed by atoms with van der Waals surface area (Å²) in [6.45, 7) is 2.30. The first-order valence-corrected chi connectivity index (χ1v) is 4.17. The van der Waals surface area contributed by atoms with E-state index < -0.39 is 0 Å². The monoisotopic (exact) mass is 170 g/mol. The number of nitrogens with two attached hydrogens (primary N) is 1. The summed E-state index contributed by atoms with van der Waals surface area (Å²) in [5, 5.41) is 0. The summed E-state index contributed by atoms with van der Waals surface area (Å²) >= 11 is 0. The second-order valence-electron chi connectivity index (χ2n) is 3.18. The number of nitrogens with zero attached hydrogens (tertiary/aromatic N) is 1. The maximum atomic E-state index is 11.0. The first-order valence-electron chi connectivity index (χ1n) is 4.17. The molecule has 1 rings (SSSR count). The lowest BCUT2D eigenvalue weighted by atomic mass is 10.1. The van der Waals surface area contributed by atoms with Crippen LogP contribution in [0.25, 0.3) is 0 Å². The van der Waals surface area contributed by atoms with Crippen molar-refractivity contribution in [2.45, 2.75) is 32.2 Å². The van der Waals surface area contributed by atoms with Crippen LogP contribution in [-0.4, -0.2) is 29.3 Å². The summed E-state index contributed by atoms with van der Waals surface area (Å²) in [5.41, 5.74) is 5.06. The van der Waals surface area contributed by atoms with E-state index in [9.17, 15) is 9.59 Å². The maximum Gasteiger partial charge on any atom is 0.219 e. The van der Waals surface area contributed by atoms with Crippen LogP contribution in [0.4, 0.5) is 0 Å². The van der Waals surface area contributed by atoms with Gasteiger partial charge in [-0.3, -0.25) is 9.59 Å². The molecule has 0 saturated carbocycles. The van der Waals surface area contributed by atoms with Crippen LogP contribution in [0.5, 0.6) is 0 Å². The highest BCUT2D eigenvalue weighted by atomic mass is 16.2. The van der Waals surface area contributed by atoms with Gasteiger partial charge in [0.1, 0.15) is 0 Å². The number of carbonyl (C=O) groups excluding carboxylic acids is 2. The number of rotatable bonds is 2. The summed E-state index contributed by atoms with van der Waals surface area (Å²) < 4.78 is 0. The third-order valence-corrected chi connectivity index (χ3v) is 2.22. The van der Waals surface area contributed by atoms with E-state index in [-0.39, 0.29) is 17.9 Å². The summed E-state index contributed by atoms with van der Waals surface area (Å²) in [7, 11) is 0. The molecular weight excluding hydrogens is 156 g/mol. The molecule has 0 radical (unpaired) electrons. The Bertz CT molecular complexity index is 203. The van der Waals surface area contributed by atoms with Gasteiger partial charge in [0.25, 0.3) is 0 Å². The molecule has 68 valence electrons. The van der Waals surface area contributed by atoms with E-state index in [1.54, 1.807) is 4.90 Å². The number of likely N-dealkylation sites (tertiary alicyclic amines) is 1. The molecule has 1 fully saturated rings. The molecule has 0 spiro atoms. The zero-order chi connectivity index (χ0) is 9.14. The lowest BCUT2D eigenvalue weighted by Crippen LogP contribution is -2.36. The van der Waals surface area contributed by atoms with E-state index in [0.29, 0.717) is 6.42 Å². The van der Waals surface area contributed by atoms with Gasteiger partial charge in [-0.15, -0.1) is 0 Å². The van der Waals surface area contributed by atoms with Crippen molar-refractivity contribution in [1.29, 1.82) is 0 Å². The number of amides is 2. The highest BCUT2D eigenvalue weighted by Gasteiger charge is 2.27. The summed E-state index contributed by atoms with van der Waals surface area (Å²) in [6, 6.07) is 0.0556. The first-order chi connectivity index (χ1) is 5.61. The fourth-order valence-corrected chi connectivity index (χ4v) is 1.69. The molecule has 0 unspecified atom stereocenters. The molecule has 1 saturated heterocycles. The zero-order valence-corrected chi connectivity index (χ0v) is 7.25. The van der Waals surface area contributed by atoms with Crippen molar-refractivity contribution in [2.24, 2.45) is 5.73 Å². The van der Waals surface area contributed by atoms with Gasteiger partial charge >= 0.3 is 0 Å². The van der Waals surface area contributed by atoms with E-state index in [2.05, 4.69) is 0 Å².